The number of fused-ring (bicyclic) bond motifs is 3. The topological polar surface area (TPSA) is 76.6 Å². The molecular formula is C16H17N4O3+. The molecule has 2 aliphatic rings. The van der Waals surface area contributed by atoms with Gasteiger partial charge in [0.2, 0.25) is 5.84 Å². The number of aliphatic imine (C=N–C) groups is 1. The number of quaternary nitrogens is 1. The van der Waals surface area contributed by atoms with Gasteiger partial charge in [0.1, 0.15) is 5.69 Å². The summed E-state index contributed by atoms with van der Waals surface area (Å²) in [5.74, 6) is 0.557. The first-order chi connectivity index (χ1) is 11.0. The zero-order valence-corrected chi connectivity index (χ0v) is 13.0. The first-order valence-corrected chi connectivity index (χ1v) is 7.54. The first kappa shape index (κ1) is 14.0. The Hall–Kier alpha value is -2.67. The summed E-state index contributed by atoms with van der Waals surface area (Å²) >= 11 is 0. The summed E-state index contributed by atoms with van der Waals surface area (Å²) < 4.78 is 2.28. The number of benzene rings is 1. The van der Waals surface area contributed by atoms with Crippen molar-refractivity contribution < 1.29 is 5.11 Å². The maximum absolute atomic E-state index is 12.8. The molecule has 23 heavy (non-hydrogen) atoms. The van der Waals surface area contributed by atoms with E-state index < -0.39 is 11.2 Å². The Labute approximate surface area is 132 Å². The van der Waals surface area contributed by atoms with Gasteiger partial charge < -0.3 is 5.11 Å². The SMILES string of the molecule is Cn1c(O)c([N+]23CCCC2=Nc2ccccc23)c(=O)n(C)c1=O. The molecule has 1 saturated heterocycles. The van der Waals surface area contributed by atoms with Crippen LogP contribution in [-0.2, 0) is 14.1 Å². The molecule has 1 aromatic heterocycles. The molecule has 0 saturated carbocycles. The summed E-state index contributed by atoms with van der Waals surface area (Å²) in [7, 11) is 2.90. The highest BCUT2D eigenvalue weighted by molar-refractivity contribution is 6.08. The zero-order chi connectivity index (χ0) is 16.4. The molecule has 0 aliphatic carbocycles. The average Bonchev–Trinajstić information content (AvgIpc) is 3.08. The van der Waals surface area contributed by atoms with Crippen molar-refractivity contribution in [3.05, 3.63) is 45.1 Å². The van der Waals surface area contributed by atoms with E-state index >= 15 is 0 Å². The van der Waals surface area contributed by atoms with Gasteiger partial charge in [0.15, 0.2) is 5.69 Å². The molecule has 2 aliphatic heterocycles. The average molecular weight is 313 g/mol. The predicted octanol–water partition coefficient (Wildman–Crippen LogP) is 1.27. The minimum absolute atomic E-state index is 0.128. The summed E-state index contributed by atoms with van der Waals surface area (Å²) in [4.78, 5) is 29.5. The van der Waals surface area contributed by atoms with Crippen molar-refractivity contribution in [2.75, 3.05) is 6.54 Å². The quantitative estimate of drug-likeness (QED) is 0.805. The second-order valence-electron chi connectivity index (χ2n) is 6.03. The summed E-state index contributed by atoms with van der Waals surface area (Å²) in [6.07, 6.45) is 1.64. The van der Waals surface area contributed by atoms with E-state index in [1.165, 1.54) is 14.1 Å². The predicted molar refractivity (Wildman–Crippen MR) is 87.7 cm³/mol. The Morgan fingerprint density at radius 1 is 1.17 bits per heavy atom. The molecule has 1 N–H and O–H groups in total. The second kappa shape index (κ2) is 4.42. The molecule has 0 amide bonds. The smallest absolute Gasteiger partial charge is 0.333 e. The third-order valence-electron chi connectivity index (χ3n) is 4.87. The molecular weight excluding hydrogens is 296 g/mol. The summed E-state index contributed by atoms with van der Waals surface area (Å²) in [5.41, 5.74) is 0.885. The van der Waals surface area contributed by atoms with E-state index in [-0.39, 0.29) is 16.1 Å². The van der Waals surface area contributed by atoms with Crippen LogP contribution in [0.2, 0.25) is 0 Å². The van der Waals surface area contributed by atoms with Gasteiger partial charge in [0, 0.05) is 33.0 Å². The molecule has 0 bridgehead atoms. The lowest BCUT2D eigenvalue weighted by atomic mass is 10.2. The lowest BCUT2D eigenvalue weighted by molar-refractivity contribution is 0.396. The number of para-hydroxylation sites is 2. The fraction of sp³-hybridized carbons (Fsp3) is 0.312. The number of hydrogen-bond donors (Lipinski definition) is 1. The van der Waals surface area contributed by atoms with E-state index in [0.717, 1.165) is 39.2 Å². The Morgan fingerprint density at radius 2 is 1.91 bits per heavy atom. The van der Waals surface area contributed by atoms with Gasteiger partial charge in [-0.1, -0.05) is 12.1 Å². The maximum atomic E-state index is 12.8. The van der Waals surface area contributed by atoms with E-state index in [1.54, 1.807) is 0 Å². The van der Waals surface area contributed by atoms with Crippen molar-refractivity contribution >= 4 is 22.9 Å². The molecule has 1 aromatic carbocycles. The van der Waals surface area contributed by atoms with Crippen LogP contribution in [0, 0.1) is 0 Å². The molecule has 4 rings (SSSR count). The third kappa shape index (κ3) is 1.54. The van der Waals surface area contributed by atoms with Crippen LogP contribution in [0.25, 0.3) is 0 Å². The van der Waals surface area contributed by atoms with Crippen LogP contribution < -0.4 is 15.7 Å². The number of amidine groups is 1. The van der Waals surface area contributed by atoms with Crippen molar-refractivity contribution in [2.45, 2.75) is 12.8 Å². The zero-order valence-electron chi connectivity index (χ0n) is 13.0. The first-order valence-electron chi connectivity index (χ1n) is 7.54. The molecule has 0 radical (unpaired) electrons. The van der Waals surface area contributed by atoms with Crippen LogP contribution in [0.5, 0.6) is 5.88 Å². The third-order valence-corrected chi connectivity index (χ3v) is 4.87. The lowest BCUT2D eigenvalue weighted by Gasteiger charge is -2.29. The van der Waals surface area contributed by atoms with Crippen molar-refractivity contribution in [1.82, 2.24) is 13.6 Å². The molecule has 0 spiro atoms. The molecule has 3 heterocycles. The summed E-state index contributed by atoms with van der Waals surface area (Å²) in [6, 6.07) is 7.64. The molecule has 1 atom stereocenters. The van der Waals surface area contributed by atoms with Gasteiger partial charge in [0.25, 0.3) is 11.6 Å². The van der Waals surface area contributed by atoms with E-state index in [9.17, 15) is 14.7 Å². The van der Waals surface area contributed by atoms with Gasteiger partial charge in [-0.05, 0) is 6.07 Å². The van der Waals surface area contributed by atoms with E-state index in [1.807, 2.05) is 24.3 Å². The van der Waals surface area contributed by atoms with Crippen LogP contribution >= 0.6 is 0 Å². The van der Waals surface area contributed by atoms with Crippen LogP contribution in [0.15, 0.2) is 38.8 Å². The second-order valence-corrected chi connectivity index (χ2v) is 6.03. The van der Waals surface area contributed by atoms with Crippen LogP contribution in [0.1, 0.15) is 12.8 Å². The molecule has 1 fully saturated rings. The number of hydrogen-bond acceptors (Lipinski definition) is 4. The summed E-state index contributed by atoms with van der Waals surface area (Å²) in [5, 5.41) is 10.6. The van der Waals surface area contributed by atoms with Crippen molar-refractivity contribution in [2.24, 2.45) is 19.1 Å². The normalized spacial score (nSPS) is 21.9. The van der Waals surface area contributed by atoms with Crippen LogP contribution in [0.4, 0.5) is 17.1 Å². The van der Waals surface area contributed by atoms with E-state index in [0.29, 0.717) is 6.54 Å². The Morgan fingerprint density at radius 3 is 2.70 bits per heavy atom. The monoisotopic (exact) mass is 313 g/mol. The lowest BCUT2D eigenvalue weighted by Crippen LogP contribution is -2.50. The van der Waals surface area contributed by atoms with Gasteiger partial charge in [-0.15, -0.1) is 0 Å². The van der Waals surface area contributed by atoms with E-state index in [2.05, 4.69) is 4.99 Å². The molecule has 118 valence electrons. The highest BCUT2D eigenvalue weighted by Crippen LogP contribution is 2.51. The number of rotatable bonds is 1. The Bertz CT molecular complexity index is 986. The van der Waals surface area contributed by atoms with Crippen molar-refractivity contribution in [1.29, 1.82) is 0 Å². The van der Waals surface area contributed by atoms with Crippen LogP contribution in [0.3, 0.4) is 0 Å². The fourth-order valence-corrected chi connectivity index (χ4v) is 3.73. The molecule has 1 unspecified atom stereocenters. The standard InChI is InChI=1S/C16H16N4O3/c1-18-14(21)13(15(22)19(2)16(18)23)20-9-5-8-12(20)17-10-6-3-4-7-11(10)20/h3-4,6-7H,5,8-9H2,1-2H3/p+1. The Kier molecular flexibility index (Phi) is 2.68. The van der Waals surface area contributed by atoms with Crippen molar-refractivity contribution in [3.8, 4) is 5.88 Å². The summed E-state index contributed by atoms with van der Waals surface area (Å²) in [6.45, 7) is 0.650. The minimum atomic E-state index is -0.542. The maximum Gasteiger partial charge on any atom is 0.333 e. The van der Waals surface area contributed by atoms with Crippen molar-refractivity contribution in [3.63, 3.8) is 0 Å². The molecule has 7 nitrogen and oxygen atoms in total. The molecule has 7 heteroatoms. The largest absolute Gasteiger partial charge is 0.490 e. The van der Waals surface area contributed by atoms with Gasteiger partial charge in [-0.25, -0.2) is 9.28 Å². The fourth-order valence-electron chi connectivity index (χ4n) is 3.73. The van der Waals surface area contributed by atoms with Crippen LogP contribution in [-0.4, -0.2) is 26.6 Å². The highest BCUT2D eigenvalue weighted by atomic mass is 16.3. The number of nitrogens with zero attached hydrogens (tertiary/aromatic N) is 4. The van der Waals surface area contributed by atoms with Gasteiger partial charge in [-0.2, -0.15) is 4.99 Å². The highest BCUT2D eigenvalue weighted by Gasteiger charge is 2.53. The Balaban J connectivity index is 2.15. The number of aromatic nitrogens is 2. The van der Waals surface area contributed by atoms with Gasteiger partial charge in [0.05, 0.1) is 6.54 Å². The van der Waals surface area contributed by atoms with Gasteiger partial charge in [-0.3, -0.25) is 13.9 Å². The minimum Gasteiger partial charge on any atom is -0.490 e. The van der Waals surface area contributed by atoms with E-state index in [4.69, 9.17) is 0 Å². The van der Waals surface area contributed by atoms with Gasteiger partial charge >= 0.3 is 11.2 Å². The molecule has 2 aromatic rings. The number of aromatic hydroxyl groups is 1.